The molecule has 0 amide bonds. The van der Waals surface area contributed by atoms with Gasteiger partial charge in [-0.1, -0.05) is 0 Å². The monoisotopic (exact) mass is 354 g/mol. The molecule has 7 heteroatoms. The van der Waals surface area contributed by atoms with Crippen LogP contribution in [-0.2, 0) is 9.47 Å². The summed E-state index contributed by atoms with van der Waals surface area (Å²) in [4.78, 5) is 10.0. The highest BCUT2D eigenvalue weighted by molar-refractivity contribution is 7.12. The van der Waals surface area contributed by atoms with Gasteiger partial charge in [0.2, 0.25) is 0 Å². The van der Waals surface area contributed by atoms with E-state index in [9.17, 15) is 0 Å². The molecule has 2 N–H and O–H groups in total. The van der Waals surface area contributed by atoms with E-state index in [1.165, 1.54) is 9.75 Å². The van der Waals surface area contributed by atoms with Crippen molar-refractivity contribution in [2.45, 2.75) is 19.9 Å². The number of nitrogens with one attached hydrogen (secondary N) is 2. The number of nitrogens with zero attached hydrogens (tertiary/aromatic N) is 2. The third-order valence-corrected chi connectivity index (χ3v) is 5.04. The summed E-state index contributed by atoms with van der Waals surface area (Å²) in [5, 5.41) is 6.61. The minimum absolute atomic E-state index is 0.311. The van der Waals surface area contributed by atoms with Gasteiger partial charge in [0.25, 0.3) is 0 Å². The molecule has 0 saturated carbocycles. The van der Waals surface area contributed by atoms with E-state index < -0.39 is 0 Å². The van der Waals surface area contributed by atoms with Gasteiger partial charge in [-0.2, -0.15) is 0 Å². The van der Waals surface area contributed by atoms with E-state index in [-0.39, 0.29) is 0 Å². The lowest BCUT2D eigenvalue weighted by atomic mass is 10.2. The zero-order valence-electron chi connectivity index (χ0n) is 15.0. The van der Waals surface area contributed by atoms with Gasteiger partial charge in [-0.05, 0) is 26.0 Å². The molecule has 0 aliphatic carbocycles. The van der Waals surface area contributed by atoms with E-state index in [1.54, 1.807) is 7.11 Å². The minimum atomic E-state index is 0.311. The lowest BCUT2D eigenvalue weighted by molar-refractivity contribution is 0.0186. The van der Waals surface area contributed by atoms with Crippen molar-refractivity contribution in [3.63, 3.8) is 0 Å². The zero-order valence-corrected chi connectivity index (χ0v) is 15.8. The number of hydrogen-bond donors (Lipinski definition) is 2. The van der Waals surface area contributed by atoms with Crippen LogP contribution in [0.4, 0.5) is 0 Å². The molecule has 1 aromatic heterocycles. The van der Waals surface area contributed by atoms with E-state index in [0.717, 1.165) is 51.9 Å². The topological polar surface area (TPSA) is 58.1 Å². The second kappa shape index (κ2) is 10.7. The van der Waals surface area contributed by atoms with Crippen LogP contribution in [0.1, 0.15) is 22.7 Å². The Hall–Kier alpha value is -1.15. The molecule has 1 atom stereocenters. The van der Waals surface area contributed by atoms with Gasteiger partial charge < -0.3 is 20.1 Å². The number of hydrogen-bond acceptors (Lipinski definition) is 5. The van der Waals surface area contributed by atoms with Crippen molar-refractivity contribution in [2.24, 2.45) is 4.99 Å². The Bertz CT molecular complexity index is 501. The van der Waals surface area contributed by atoms with E-state index in [2.05, 4.69) is 41.5 Å². The van der Waals surface area contributed by atoms with Gasteiger partial charge in [-0.3, -0.25) is 9.89 Å². The highest BCUT2D eigenvalue weighted by atomic mass is 32.1. The molecule has 1 unspecified atom stereocenters. The maximum Gasteiger partial charge on any atom is 0.191 e. The van der Waals surface area contributed by atoms with Gasteiger partial charge >= 0.3 is 0 Å². The third-order valence-electron chi connectivity index (χ3n) is 3.94. The maximum absolute atomic E-state index is 5.51. The molecule has 0 radical (unpaired) electrons. The average Bonchev–Trinajstić information content (AvgIpc) is 3.02. The number of thiophene rings is 1. The molecule has 0 bridgehead atoms. The molecule has 1 aliphatic heterocycles. The summed E-state index contributed by atoms with van der Waals surface area (Å²) in [5.41, 5.74) is 0. The number of morpholine rings is 1. The summed E-state index contributed by atoms with van der Waals surface area (Å²) in [5.74, 6) is 0.848. The summed E-state index contributed by atoms with van der Waals surface area (Å²) in [6.07, 6.45) is 0. The minimum Gasteiger partial charge on any atom is -0.383 e. The van der Waals surface area contributed by atoms with Crippen molar-refractivity contribution >= 4 is 17.3 Å². The van der Waals surface area contributed by atoms with Crippen LogP contribution in [0, 0.1) is 6.92 Å². The van der Waals surface area contributed by atoms with Crippen molar-refractivity contribution in [3.05, 3.63) is 21.9 Å². The first kappa shape index (κ1) is 19.2. The fourth-order valence-corrected chi connectivity index (χ4v) is 3.70. The quantitative estimate of drug-likeness (QED) is 0.422. The number of aliphatic imine (C=N–C) groups is 1. The Labute approximate surface area is 149 Å². The molecule has 1 fully saturated rings. The average molecular weight is 355 g/mol. The van der Waals surface area contributed by atoms with Crippen LogP contribution in [0.3, 0.4) is 0 Å². The summed E-state index contributed by atoms with van der Waals surface area (Å²) >= 11 is 1.86. The maximum atomic E-state index is 5.51. The van der Waals surface area contributed by atoms with Crippen molar-refractivity contribution in [3.8, 4) is 0 Å². The van der Waals surface area contributed by atoms with Gasteiger partial charge in [0.05, 0.1) is 32.4 Å². The summed E-state index contributed by atoms with van der Waals surface area (Å²) < 4.78 is 10.6. The number of aryl methyl sites for hydroxylation is 1. The fourth-order valence-electron chi connectivity index (χ4n) is 2.70. The molecule has 0 spiro atoms. The Morgan fingerprint density at radius 2 is 2.17 bits per heavy atom. The lowest BCUT2D eigenvalue weighted by Crippen LogP contribution is -2.42. The molecular formula is C17H30N4O2S. The fraction of sp³-hybridized carbons (Fsp3) is 0.706. The standard InChI is InChI=1S/C17H30N4O2S/c1-4-18-17(19-7-10-22-3)20-13-15(16-6-5-14(2)24-16)21-8-11-23-12-9-21/h5-6,15H,4,7-13H2,1-3H3,(H2,18,19,20). The SMILES string of the molecule is CCNC(=NCC(c1ccc(C)s1)N1CCOCC1)NCCOC. The number of methoxy groups -OCH3 is 1. The first-order chi connectivity index (χ1) is 11.7. The van der Waals surface area contributed by atoms with Crippen LogP contribution >= 0.6 is 11.3 Å². The van der Waals surface area contributed by atoms with Gasteiger partial charge in [-0.25, -0.2) is 0 Å². The van der Waals surface area contributed by atoms with Crippen molar-refractivity contribution in [1.82, 2.24) is 15.5 Å². The molecule has 24 heavy (non-hydrogen) atoms. The Morgan fingerprint density at radius 3 is 2.79 bits per heavy atom. The summed E-state index contributed by atoms with van der Waals surface area (Å²) in [7, 11) is 1.71. The first-order valence-corrected chi connectivity index (χ1v) is 9.45. The highest BCUT2D eigenvalue weighted by Gasteiger charge is 2.23. The van der Waals surface area contributed by atoms with Crippen molar-refractivity contribution < 1.29 is 9.47 Å². The molecule has 2 heterocycles. The second-order valence-corrected chi connectivity index (χ2v) is 7.07. The highest BCUT2D eigenvalue weighted by Crippen LogP contribution is 2.28. The Balaban J connectivity index is 2.06. The van der Waals surface area contributed by atoms with E-state index >= 15 is 0 Å². The molecule has 0 aromatic carbocycles. The Kier molecular flexibility index (Phi) is 8.52. The van der Waals surface area contributed by atoms with Gasteiger partial charge in [0.1, 0.15) is 0 Å². The van der Waals surface area contributed by atoms with Crippen LogP contribution < -0.4 is 10.6 Å². The molecular weight excluding hydrogens is 324 g/mol. The number of guanidine groups is 1. The summed E-state index contributed by atoms with van der Waals surface area (Å²) in [6.45, 7) is 10.8. The van der Waals surface area contributed by atoms with Crippen molar-refractivity contribution in [1.29, 1.82) is 0 Å². The van der Waals surface area contributed by atoms with Crippen LogP contribution in [-0.4, -0.2) is 70.5 Å². The van der Waals surface area contributed by atoms with E-state index in [1.807, 2.05) is 11.3 Å². The molecule has 6 nitrogen and oxygen atoms in total. The third kappa shape index (κ3) is 6.05. The molecule has 1 saturated heterocycles. The van der Waals surface area contributed by atoms with Crippen LogP contribution in [0.15, 0.2) is 17.1 Å². The molecule has 1 aromatic rings. The predicted molar refractivity (Wildman–Crippen MR) is 100 cm³/mol. The van der Waals surface area contributed by atoms with E-state index in [4.69, 9.17) is 14.5 Å². The van der Waals surface area contributed by atoms with Gasteiger partial charge in [-0.15, -0.1) is 11.3 Å². The number of ether oxygens (including phenoxy) is 2. The normalized spacial score (nSPS) is 17.7. The zero-order chi connectivity index (χ0) is 17.2. The van der Waals surface area contributed by atoms with Crippen molar-refractivity contribution in [2.75, 3.05) is 59.7 Å². The predicted octanol–water partition coefficient (Wildman–Crippen LogP) is 1.63. The largest absolute Gasteiger partial charge is 0.383 e. The number of rotatable bonds is 8. The lowest BCUT2D eigenvalue weighted by Gasteiger charge is -2.33. The smallest absolute Gasteiger partial charge is 0.191 e. The van der Waals surface area contributed by atoms with Crippen LogP contribution in [0.25, 0.3) is 0 Å². The van der Waals surface area contributed by atoms with Crippen LogP contribution in [0.2, 0.25) is 0 Å². The molecule has 136 valence electrons. The Morgan fingerprint density at radius 1 is 1.38 bits per heavy atom. The van der Waals surface area contributed by atoms with Crippen LogP contribution in [0.5, 0.6) is 0 Å². The second-order valence-electron chi connectivity index (χ2n) is 5.75. The molecule has 1 aliphatic rings. The molecule has 2 rings (SSSR count). The summed E-state index contributed by atoms with van der Waals surface area (Å²) in [6, 6.07) is 4.74. The van der Waals surface area contributed by atoms with E-state index in [0.29, 0.717) is 12.6 Å². The van der Waals surface area contributed by atoms with Gasteiger partial charge in [0, 0.05) is 43.0 Å². The first-order valence-electron chi connectivity index (χ1n) is 8.63. The van der Waals surface area contributed by atoms with Gasteiger partial charge in [0.15, 0.2) is 5.96 Å².